The topological polar surface area (TPSA) is 25.8 Å². The number of rotatable bonds is 6. The summed E-state index contributed by atoms with van der Waals surface area (Å²) in [6.45, 7) is 0. The van der Waals surface area contributed by atoms with E-state index >= 15 is 0 Å². The highest BCUT2D eigenvalue weighted by molar-refractivity contribution is 6.20. The first-order chi connectivity index (χ1) is 22.9. The minimum absolute atomic E-state index is 0.914. The van der Waals surface area contributed by atoms with Gasteiger partial charge in [-0.15, -0.1) is 0 Å². The molecule has 6 aromatic carbocycles. The van der Waals surface area contributed by atoms with Crippen molar-refractivity contribution in [1.29, 1.82) is 0 Å². The van der Waals surface area contributed by atoms with Crippen molar-refractivity contribution in [3.63, 3.8) is 0 Å². The molecule has 0 radical (unpaired) electrons. The molecule has 2 nitrogen and oxygen atoms in total. The van der Waals surface area contributed by atoms with E-state index in [0.717, 1.165) is 78.1 Å². The molecule has 0 aliphatic rings. The highest BCUT2D eigenvalue weighted by Crippen LogP contribution is 2.50. The van der Waals surface area contributed by atoms with Crippen LogP contribution in [0, 0.1) is 0 Å². The average molecular weight is 587 g/mol. The summed E-state index contributed by atoms with van der Waals surface area (Å²) in [5, 5.41) is 2.17. The van der Waals surface area contributed by atoms with Crippen molar-refractivity contribution in [2.75, 3.05) is 0 Å². The summed E-state index contributed by atoms with van der Waals surface area (Å²) in [4.78, 5) is 11.2. The molecule has 46 heavy (non-hydrogen) atoms. The van der Waals surface area contributed by atoms with Crippen molar-refractivity contribution in [2.45, 2.75) is 0 Å². The third-order valence-electron chi connectivity index (χ3n) is 8.46. The molecule has 0 unspecified atom stereocenters. The molecule has 0 bridgehead atoms. The van der Waals surface area contributed by atoms with Crippen LogP contribution in [0.2, 0.25) is 0 Å². The molecule has 8 aromatic rings. The number of benzene rings is 6. The number of aromatic nitrogens is 2. The lowest BCUT2D eigenvalue weighted by atomic mass is 9.84. The minimum Gasteiger partial charge on any atom is -0.246 e. The van der Waals surface area contributed by atoms with Gasteiger partial charge in [-0.3, -0.25) is 0 Å². The van der Waals surface area contributed by atoms with E-state index < -0.39 is 0 Å². The summed E-state index contributed by atoms with van der Waals surface area (Å²) in [5.74, 6) is 0. The first-order valence-corrected chi connectivity index (χ1v) is 15.6. The van der Waals surface area contributed by atoms with Gasteiger partial charge in [-0.05, 0) is 11.1 Å². The van der Waals surface area contributed by atoms with Gasteiger partial charge in [0.1, 0.15) is 0 Å². The van der Waals surface area contributed by atoms with Crippen LogP contribution in [-0.2, 0) is 0 Å². The Hall–Kier alpha value is -6.12. The molecule has 0 aliphatic carbocycles. The van der Waals surface area contributed by atoms with E-state index in [1.54, 1.807) is 0 Å². The quantitative estimate of drug-likeness (QED) is 0.194. The lowest BCUT2D eigenvalue weighted by Gasteiger charge is -2.24. The van der Waals surface area contributed by atoms with Gasteiger partial charge >= 0.3 is 0 Å². The van der Waals surface area contributed by atoms with Gasteiger partial charge in [-0.1, -0.05) is 182 Å². The largest absolute Gasteiger partial charge is 0.246 e. The zero-order valence-electron chi connectivity index (χ0n) is 25.2. The average Bonchev–Trinajstić information content (AvgIpc) is 3.15. The Bertz CT molecular complexity index is 2090. The van der Waals surface area contributed by atoms with Crippen LogP contribution in [0.5, 0.6) is 0 Å². The second-order valence-electron chi connectivity index (χ2n) is 11.3. The fourth-order valence-corrected chi connectivity index (χ4v) is 6.40. The molecule has 2 heteroatoms. The Morgan fingerprint density at radius 3 is 0.739 bits per heavy atom. The molecule has 8 rings (SSSR count). The summed E-state index contributed by atoms with van der Waals surface area (Å²) in [7, 11) is 0. The van der Waals surface area contributed by atoms with Gasteiger partial charge in [-0.2, -0.15) is 0 Å². The van der Waals surface area contributed by atoms with Crippen LogP contribution in [0.25, 0.3) is 78.1 Å². The molecule has 0 amide bonds. The Balaban J connectivity index is 1.70. The molecule has 0 aliphatic heterocycles. The monoisotopic (exact) mass is 586 g/mol. The molecule has 216 valence electrons. The normalized spacial score (nSPS) is 11.0. The van der Waals surface area contributed by atoms with Gasteiger partial charge in [0.15, 0.2) is 0 Å². The highest BCUT2D eigenvalue weighted by atomic mass is 14.8. The number of hydrogen-bond donors (Lipinski definition) is 0. The van der Waals surface area contributed by atoms with Crippen molar-refractivity contribution in [2.24, 2.45) is 0 Å². The minimum atomic E-state index is 0.914. The van der Waals surface area contributed by atoms with E-state index in [4.69, 9.17) is 9.97 Å². The molecule has 0 saturated carbocycles. The first kappa shape index (κ1) is 27.4. The molecular weight excluding hydrogens is 556 g/mol. The zero-order valence-corrected chi connectivity index (χ0v) is 25.2. The smallest absolute Gasteiger partial charge is 0.0810 e. The van der Waals surface area contributed by atoms with Gasteiger partial charge in [-0.25, -0.2) is 9.97 Å². The van der Waals surface area contributed by atoms with Gasteiger partial charge in [0.05, 0.1) is 22.8 Å². The van der Waals surface area contributed by atoms with Crippen LogP contribution in [0.4, 0.5) is 0 Å². The predicted octanol–water partition coefficient (Wildman–Crippen LogP) is 11.6. The molecule has 0 spiro atoms. The van der Waals surface area contributed by atoms with Crippen molar-refractivity contribution >= 4 is 10.8 Å². The fraction of sp³-hybridized carbons (Fsp3) is 0. The number of pyridine rings is 2. The van der Waals surface area contributed by atoms with Crippen LogP contribution < -0.4 is 0 Å². The molecule has 2 heterocycles. The number of nitrogens with zero attached hydrogens (tertiary/aromatic N) is 2. The predicted molar refractivity (Wildman–Crippen MR) is 192 cm³/mol. The number of fused-ring (bicyclic) bond motifs is 1. The maximum atomic E-state index is 5.60. The van der Waals surface area contributed by atoms with Gasteiger partial charge < -0.3 is 0 Å². The standard InChI is InChI=1S/C44H30N2/c1-7-19-31(20-8-1)37-39-38(32-21-9-2-10-22-32)42(34-25-13-4-14-26-34)46-44(36-29-17-6-18-30-36)40(39)43(35-27-15-5-16-28-35)45-41(37)33-23-11-3-12-24-33/h1-30H. The molecule has 0 N–H and O–H groups in total. The van der Waals surface area contributed by atoms with E-state index in [9.17, 15) is 0 Å². The summed E-state index contributed by atoms with van der Waals surface area (Å²) in [5.41, 5.74) is 12.4. The zero-order chi connectivity index (χ0) is 30.7. The lowest BCUT2D eigenvalue weighted by molar-refractivity contribution is 1.31. The maximum Gasteiger partial charge on any atom is 0.0810 e. The van der Waals surface area contributed by atoms with Crippen molar-refractivity contribution in [3.8, 4) is 67.3 Å². The summed E-state index contributed by atoms with van der Waals surface area (Å²) in [6.07, 6.45) is 0. The van der Waals surface area contributed by atoms with Crippen molar-refractivity contribution in [3.05, 3.63) is 182 Å². The molecular formula is C44H30N2. The third kappa shape index (κ3) is 4.96. The Morgan fingerprint density at radius 1 is 0.217 bits per heavy atom. The van der Waals surface area contributed by atoms with Gasteiger partial charge in [0, 0.05) is 44.2 Å². The van der Waals surface area contributed by atoms with Crippen molar-refractivity contribution < 1.29 is 0 Å². The fourth-order valence-electron chi connectivity index (χ4n) is 6.40. The molecule has 0 atom stereocenters. The van der Waals surface area contributed by atoms with Crippen LogP contribution in [0.3, 0.4) is 0 Å². The summed E-state index contributed by atoms with van der Waals surface area (Å²) < 4.78 is 0. The van der Waals surface area contributed by atoms with Gasteiger partial charge in [0.25, 0.3) is 0 Å². The van der Waals surface area contributed by atoms with E-state index in [0.29, 0.717) is 0 Å². The molecule has 0 saturated heterocycles. The second kappa shape index (κ2) is 12.1. The third-order valence-corrected chi connectivity index (χ3v) is 8.46. The summed E-state index contributed by atoms with van der Waals surface area (Å²) in [6, 6.07) is 63.6. The molecule has 0 fully saturated rings. The Morgan fingerprint density at radius 2 is 0.457 bits per heavy atom. The Kier molecular flexibility index (Phi) is 7.22. The number of hydrogen-bond acceptors (Lipinski definition) is 2. The van der Waals surface area contributed by atoms with Crippen LogP contribution >= 0.6 is 0 Å². The van der Waals surface area contributed by atoms with Crippen LogP contribution in [-0.4, -0.2) is 9.97 Å². The van der Waals surface area contributed by atoms with E-state index in [1.165, 1.54) is 0 Å². The van der Waals surface area contributed by atoms with E-state index in [2.05, 4.69) is 182 Å². The van der Waals surface area contributed by atoms with E-state index in [1.807, 2.05) is 0 Å². The second-order valence-corrected chi connectivity index (χ2v) is 11.3. The SMILES string of the molecule is c1ccc(-c2nc(-c3ccccc3)c3c(-c4ccccc4)nc(-c4ccccc4)c(-c4ccccc4)c3c2-c2ccccc2)cc1. The van der Waals surface area contributed by atoms with Crippen LogP contribution in [0.1, 0.15) is 0 Å². The first-order valence-electron chi connectivity index (χ1n) is 15.6. The molecule has 2 aromatic heterocycles. The van der Waals surface area contributed by atoms with Gasteiger partial charge in [0.2, 0.25) is 0 Å². The van der Waals surface area contributed by atoms with Crippen molar-refractivity contribution in [1.82, 2.24) is 9.97 Å². The highest BCUT2D eigenvalue weighted by Gasteiger charge is 2.27. The van der Waals surface area contributed by atoms with E-state index in [-0.39, 0.29) is 0 Å². The van der Waals surface area contributed by atoms with Crippen LogP contribution in [0.15, 0.2) is 182 Å². The Labute approximate surface area is 269 Å². The lowest BCUT2D eigenvalue weighted by Crippen LogP contribution is -2.03. The summed E-state index contributed by atoms with van der Waals surface area (Å²) >= 11 is 0. The maximum absolute atomic E-state index is 5.60.